The molecule has 0 unspecified atom stereocenters. The molecular formula is C10H15F3N4O2S. The number of aromatic nitrogens is 3. The summed E-state index contributed by atoms with van der Waals surface area (Å²) in [5.74, 6) is -1.16. The summed E-state index contributed by atoms with van der Waals surface area (Å²) in [5.41, 5.74) is 0. The van der Waals surface area contributed by atoms with Crippen molar-refractivity contribution in [2.24, 2.45) is 0 Å². The zero-order valence-electron chi connectivity index (χ0n) is 11.0. The molecule has 0 atom stereocenters. The number of hydrogen-bond donors (Lipinski definition) is 1. The Morgan fingerprint density at radius 2 is 2.10 bits per heavy atom. The molecule has 20 heavy (non-hydrogen) atoms. The molecule has 0 fully saturated rings. The minimum atomic E-state index is -4.34. The maximum absolute atomic E-state index is 12.4. The van der Waals surface area contributed by atoms with Gasteiger partial charge in [0.2, 0.25) is 5.95 Å². The molecule has 0 bridgehead atoms. The lowest BCUT2D eigenvalue weighted by Gasteiger charge is -2.20. The second kappa shape index (κ2) is 6.82. The highest BCUT2D eigenvalue weighted by Crippen LogP contribution is 2.24. The second-order valence-corrected chi connectivity index (χ2v) is 5.03. The van der Waals surface area contributed by atoms with Crippen molar-refractivity contribution in [3.8, 4) is 0 Å². The van der Waals surface area contributed by atoms with Crippen molar-refractivity contribution in [3.05, 3.63) is 0 Å². The molecule has 0 saturated carbocycles. The molecule has 1 rings (SSSR count). The third-order valence-corrected chi connectivity index (χ3v) is 3.18. The van der Waals surface area contributed by atoms with Crippen LogP contribution in [0.4, 0.5) is 19.1 Å². The lowest BCUT2D eigenvalue weighted by Crippen LogP contribution is -2.32. The number of alkyl halides is 3. The summed E-state index contributed by atoms with van der Waals surface area (Å²) in [7, 11) is 1.27. The first-order valence-electron chi connectivity index (χ1n) is 5.80. The van der Waals surface area contributed by atoms with Crippen LogP contribution >= 0.6 is 11.8 Å². The minimum Gasteiger partial charge on any atom is -0.481 e. The molecule has 1 aromatic heterocycles. The maximum atomic E-state index is 12.4. The fraction of sp³-hybridized carbons (Fsp3) is 0.700. The Kier molecular flexibility index (Phi) is 5.66. The summed E-state index contributed by atoms with van der Waals surface area (Å²) >= 11 is 0.933. The third-order valence-electron chi connectivity index (χ3n) is 2.23. The normalized spacial score (nSPS) is 11.7. The summed E-state index contributed by atoms with van der Waals surface area (Å²) in [4.78, 5) is 11.5. The Balaban J connectivity index is 2.92. The van der Waals surface area contributed by atoms with Crippen molar-refractivity contribution in [1.29, 1.82) is 0 Å². The Morgan fingerprint density at radius 1 is 1.45 bits per heavy atom. The van der Waals surface area contributed by atoms with E-state index in [2.05, 4.69) is 10.2 Å². The molecule has 114 valence electrons. The Bertz CT molecular complexity index is 464. The van der Waals surface area contributed by atoms with Gasteiger partial charge in [0.25, 0.3) is 0 Å². The van der Waals surface area contributed by atoms with E-state index in [4.69, 9.17) is 5.11 Å². The number of carboxylic acids is 1. The molecule has 0 radical (unpaired) electrons. The highest BCUT2D eigenvalue weighted by Gasteiger charge is 2.31. The van der Waals surface area contributed by atoms with Gasteiger partial charge in [0.15, 0.2) is 5.16 Å². The van der Waals surface area contributed by atoms with Gasteiger partial charge in [-0.15, -0.1) is 10.2 Å². The number of anilines is 1. The summed E-state index contributed by atoms with van der Waals surface area (Å²) < 4.78 is 38.7. The van der Waals surface area contributed by atoms with Crippen molar-refractivity contribution in [1.82, 2.24) is 14.8 Å². The van der Waals surface area contributed by atoms with Crippen molar-refractivity contribution < 1.29 is 23.1 Å². The molecule has 1 N–H and O–H groups in total. The summed E-state index contributed by atoms with van der Waals surface area (Å²) in [6.45, 7) is 1.14. The average molecular weight is 312 g/mol. The quantitative estimate of drug-likeness (QED) is 0.775. The number of carboxylic acid groups (broad SMARTS) is 1. The Morgan fingerprint density at radius 3 is 2.60 bits per heavy atom. The summed E-state index contributed by atoms with van der Waals surface area (Å²) in [5, 5.41) is 16.4. The van der Waals surface area contributed by atoms with Crippen molar-refractivity contribution >= 4 is 23.7 Å². The van der Waals surface area contributed by atoms with E-state index in [0.717, 1.165) is 16.7 Å². The summed E-state index contributed by atoms with van der Waals surface area (Å²) in [6, 6.07) is 0. The van der Waals surface area contributed by atoms with Gasteiger partial charge in [0.05, 0.1) is 5.75 Å². The van der Waals surface area contributed by atoms with Gasteiger partial charge < -0.3 is 10.0 Å². The molecule has 0 amide bonds. The van der Waals surface area contributed by atoms with Gasteiger partial charge in [-0.3, -0.25) is 9.36 Å². The first kappa shape index (κ1) is 16.6. The largest absolute Gasteiger partial charge is 0.481 e. The Labute approximate surface area is 118 Å². The van der Waals surface area contributed by atoms with E-state index in [9.17, 15) is 18.0 Å². The lowest BCUT2D eigenvalue weighted by molar-refractivity contribution is -0.134. The first-order chi connectivity index (χ1) is 9.24. The van der Waals surface area contributed by atoms with E-state index in [0.29, 0.717) is 18.1 Å². The molecule has 0 aliphatic carbocycles. The van der Waals surface area contributed by atoms with Crippen LogP contribution in [0.1, 0.15) is 13.3 Å². The molecule has 1 aromatic rings. The van der Waals surface area contributed by atoms with Crippen molar-refractivity contribution in [2.75, 3.05) is 24.2 Å². The highest BCUT2D eigenvalue weighted by atomic mass is 32.2. The predicted octanol–water partition coefficient (Wildman–Crippen LogP) is 1.86. The number of aliphatic carboxylic acids is 1. The van der Waals surface area contributed by atoms with E-state index in [1.165, 1.54) is 11.6 Å². The van der Waals surface area contributed by atoms with Crippen LogP contribution in [0.2, 0.25) is 0 Å². The number of hydrogen-bond acceptors (Lipinski definition) is 5. The molecule has 0 aromatic carbocycles. The molecule has 0 saturated heterocycles. The van der Waals surface area contributed by atoms with Crippen molar-refractivity contribution in [2.45, 2.75) is 31.2 Å². The molecule has 10 heteroatoms. The van der Waals surface area contributed by atoms with E-state index in [1.54, 1.807) is 0 Å². The van der Waals surface area contributed by atoms with Gasteiger partial charge in [-0.2, -0.15) is 13.2 Å². The standard InChI is InChI=1S/C10H15F3N4O2S/c1-3-4-17-8(16(2)6-10(11,12)13)14-15-9(17)20-5-7(18)19/h3-6H2,1-2H3,(H,18,19). The minimum absolute atomic E-state index is 0.0806. The van der Waals surface area contributed by atoms with E-state index < -0.39 is 18.7 Å². The van der Waals surface area contributed by atoms with Gasteiger partial charge in [0, 0.05) is 13.6 Å². The zero-order chi connectivity index (χ0) is 15.3. The van der Waals surface area contributed by atoms with E-state index >= 15 is 0 Å². The van der Waals surface area contributed by atoms with Crippen LogP contribution < -0.4 is 4.90 Å². The van der Waals surface area contributed by atoms with Crippen molar-refractivity contribution in [3.63, 3.8) is 0 Å². The number of halogens is 3. The predicted molar refractivity (Wildman–Crippen MR) is 68.0 cm³/mol. The van der Waals surface area contributed by atoms with Crippen LogP contribution in [-0.2, 0) is 11.3 Å². The lowest BCUT2D eigenvalue weighted by atomic mass is 10.5. The Hall–Kier alpha value is -1.45. The van der Waals surface area contributed by atoms with Gasteiger partial charge in [-0.05, 0) is 6.42 Å². The van der Waals surface area contributed by atoms with Crippen LogP contribution in [0, 0.1) is 0 Å². The summed E-state index contributed by atoms with van der Waals surface area (Å²) in [6.07, 6.45) is -3.67. The zero-order valence-corrected chi connectivity index (χ0v) is 11.8. The maximum Gasteiger partial charge on any atom is 0.406 e. The van der Waals surface area contributed by atoms with Gasteiger partial charge in [-0.25, -0.2) is 0 Å². The topological polar surface area (TPSA) is 71.2 Å². The highest BCUT2D eigenvalue weighted by molar-refractivity contribution is 7.99. The first-order valence-corrected chi connectivity index (χ1v) is 6.78. The number of nitrogens with zero attached hydrogens (tertiary/aromatic N) is 4. The molecule has 0 aliphatic heterocycles. The van der Waals surface area contributed by atoms with Gasteiger partial charge >= 0.3 is 12.1 Å². The van der Waals surface area contributed by atoms with Crippen LogP contribution in [0.3, 0.4) is 0 Å². The third kappa shape index (κ3) is 4.91. The van der Waals surface area contributed by atoms with Crippen LogP contribution in [0.5, 0.6) is 0 Å². The van der Waals surface area contributed by atoms with Crippen LogP contribution in [0.15, 0.2) is 5.16 Å². The van der Waals surface area contributed by atoms with Gasteiger partial charge in [0.1, 0.15) is 6.54 Å². The van der Waals surface area contributed by atoms with E-state index in [1.807, 2.05) is 6.92 Å². The smallest absolute Gasteiger partial charge is 0.406 e. The van der Waals surface area contributed by atoms with Crippen LogP contribution in [0.25, 0.3) is 0 Å². The SMILES string of the molecule is CCCn1c(SCC(=O)O)nnc1N(C)CC(F)(F)F. The molecule has 0 aliphatic rings. The molecule has 1 heterocycles. The monoisotopic (exact) mass is 312 g/mol. The average Bonchev–Trinajstić information content (AvgIpc) is 2.68. The van der Waals surface area contributed by atoms with E-state index in [-0.39, 0.29) is 11.7 Å². The molecule has 6 nitrogen and oxygen atoms in total. The number of carbonyl (C=O) groups is 1. The molecule has 0 spiro atoms. The molecular weight excluding hydrogens is 297 g/mol. The fourth-order valence-corrected chi connectivity index (χ4v) is 2.24. The van der Waals surface area contributed by atoms with Crippen LogP contribution in [-0.4, -0.2) is 51.4 Å². The van der Waals surface area contributed by atoms with Gasteiger partial charge in [-0.1, -0.05) is 18.7 Å². The number of thioether (sulfide) groups is 1. The fourth-order valence-electron chi connectivity index (χ4n) is 1.56. The number of rotatable bonds is 7. The second-order valence-electron chi connectivity index (χ2n) is 4.09.